The van der Waals surface area contributed by atoms with Gasteiger partial charge in [-0.1, -0.05) is 0 Å². The summed E-state index contributed by atoms with van der Waals surface area (Å²) < 4.78 is 88.7. The molecule has 5 nitrogen and oxygen atoms in total. The molecule has 0 spiro atoms. The van der Waals surface area contributed by atoms with Gasteiger partial charge in [0.2, 0.25) is 0 Å². The summed E-state index contributed by atoms with van der Waals surface area (Å²) in [7, 11) is -1.05. The monoisotopic (exact) mass is 287 g/mol. The molecule has 1 fully saturated rings. The molecule has 2 heterocycles. The topological polar surface area (TPSA) is 47.5 Å². The van der Waals surface area contributed by atoms with Gasteiger partial charge in [-0.3, -0.25) is 4.98 Å². The van der Waals surface area contributed by atoms with Crippen LogP contribution in [0.25, 0.3) is 0 Å². The first kappa shape index (κ1) is 6.75. The lowest BCUT2D eigenvalue weighted by Gasteiger charge is -2.32. The van der Waals surface area contributed by atoms with Gasteiger partial charge in [0.05, 0.1) is 23.0 Å². The summed E-state index contributed by atoms with van der Waals surface area (Å²) in [6, 6.07) is 0. The van der Waals surface area contributed by atoms with Gasteiger partial charge in [-0.2, -0.15) is 0 Å². The van der Waals surface area contributed by atoms with Gasteiger partial charge < -0.3 is 14.2 Å². The third-order valence-corrected chi connectivity index (χ3v) is 3.59. The molecule has 0 aliphatic carbocycles. The van der Waals surface area contributed by atoms with E-state index in [9.17, 15) is 0 Å². The second-order valence-corrected chi connectivity index (χ2v) is 5.45. The number of nitrogens with zero attached hydrogens (tertiary/aromatic N) is 3. The van der Waals surface area contributed by atoms with Gasteiger partial charge in [-0.25, -0.2) is 4.98 Å². The van der Waals surface area contributed by atoms with Crippen LogP contribution in [-0.2, 0) is 9.31 Å². The highest BCUT2D eigenvalue weighted by molar-refractivity contribution is 6.61. The summed E-state index contributed by atoms with van der Waals surface area (Å²) >= 11 is 0. The Labute approximate surface area is 135 Å². The maximum atomic E-state index is 8.02. The van der Waals surface area contributed by atoms with Crippen molar-refractivity contribution in [1.29, 1.82) is 0 Å². The van der Waals surface area contributed by atoms with E-state index in [1.807, 2.05) is 0 Å². The zero-order chi connectivity index (χ0) is 23.6. The Hall–Kier alpha value is -1.14. The molecule has 1 aromatic rings. The van der Waals surface area contributed by atoms with Crippen molar-refractivity contribution in [1.82, 2.24) is 9.97 Å². The normalized spacial score (nSPS) is 30.3. The molecular weight excluding hydrogens is 253 g/mol. The minimum absolute atomic E-state index is 0.0122. The summed E-state index contributed by atoms with van der Waals surface area (Å²) in [5, 5.41) is 0. The molecule has 0 N–H and O–H groups in total. The first-order valence-electron chi connectivity index (χ1n) is 11.1. The molecule has 6 heteroatoms. The van der Waals surface area contributed by atoms with Gasteiger partial charge in [0.1, 0.15) is 5.82 Å². The Bertz CT molecular complexity index is 755. The molecule has 110 valence electrons. The van der Waals surface area contributed by atoms with E-state index >= 15 is 0 Å². The highest BCUT2D eigenvalue weighted by Gasteiger charge is 2.52. The number of rotatable bonds is 4. The standard InChI is InChI=1S/C14H24BN3O2/c1-7-18(8-2)12-10-16-9-11(17-12)15-19-13(3,4)14(5,6)20-15/h9-10H,7-8H2,1-6H3/i1D3,2D3,7D2,8D2. The number of hydrogen-bond acceptors (Lipinski definition) is 5. The Morgan fingerprint density at radius 1 is 1.20 bits per heavy atom. The van der Waals surface area contributed by atoms with Crippen molar-refractivity contribution >= 4 is 18.5 Å². The van der Waals surface area contributed by atoms with Crippen LogP contribution in [0, 0.1) is 0 Å². The molecule has 20 heavy (non-hydrogen) atoms. The van der Waals surface area contributed by atoms with Crippen molar-refractivity contribution in [2.75, 3.05) is 17.9 Å². The lowest BCUT2D eigenvalue weighted by molar-refractivity contribution is 0.00578. The second-order valence-electron chi connectivity index (χ2n) is 5.45. The molecule has 0 radical (unpaired) electrons. The fraction of sp³-hybridized carbons (Fsp3) is 0.714. The predicted molar refractivity (Wildman–Crippen MR) is 81.3 cm³/mol. The molecule has 1 aliphatic rings. The maximum Gasteiger partial charge on any atom is 0.516 e. The van der Waals surface area contributed by atoms with Gasteiger partial charge in [-0.05, 0) is 41.4 Å². The summed E-state index contributed by atoms with van der Waals surface area (Å²) in [5.74, 6) is -0.621. The molecule has 1 aromatic heterocycles. The maximum absolute atomic E-state index is 8.02. The molecule has 1 saturated heterocycles. The summed E-state index contributed by atoms with van der Waals surface area (Å²) in [6.45, 7) is -6.48. The molecule has 0 atom stereocenters. The molecule has 1 aliphatic heterocycles. The van der Waals surface area contributed by atoms with Crippen molar-refractivity contribution < 1.29 is 23.0 Å². The van der Waals surface area contributed by atoms with E-state index in [2.05, 4.69) is 9.97 Å². The average molecular weight is 287 g/mol. The van der Waals surface area contributed by atoms with Crippen molar-refractivity contribution in [2.24, 2.45) is 0 Å². The van der Waals surface area contributed by atoms with Crippen LogP contribution in [0.4, 0.5) is 5.82 Å². The lowest BCUT2D eigenvalue weighted by Crippen LogP contribution is -2.41. The van der Waals surface area contributed by atoms with Gasteiger partial charge in [-0.15, -0.1) is 0 Å². The van der Waals surface area contributed by atoms with Crippen LogP contribution in [0.3, 0.4) is 0 Å². The number of hydrogen-bond donors (Lipinski definition) is 0. The number of aromatic nitrogens is 2. The highest BCUT2D eigenvalue weighted by Crippen LogP contribution is 2.36. The van der Waals surface area contributed by atoms with Crippen LogP contribution in [0.15, 0.2) is 12.4 Å². The molecule has 0 amide bonds. The summed E-state index contributed by atoms with van der Waals surface area (Å²) in [4.78, 5) is 7.94. The average Bonchev–Trinajstić information content (AvgIpc) is 2.73. The zero-order valence-electron chi connectivity index (χ0n) is 21.9. The smallest absolute Gasteiger partial charge is 0.398 e. The third kappa shape index (κ3) is 2.67. The minimum atomic E-state index is -3.42. The fourth-order valence-corrected chi connectivity index (χ4v) is 1.70. The minimum Gasteiger partial charge on any atom is -0.398 e. The molecule has 2 rings (SSSR count). The van der Waals surface area contributed by atoms with Crippen molar-refractivity contribution in [3.8, 4) is 0 Å². The number of anilines is 1. The van der Waals surface area contributed by atoms with Crippen molar-refractivity contribution in [2.45, 2.75) is 52.6 Å². The highest BCUT2D eigenvalue weighted by atomic mass is 16.7. The van der Waals surface area contributed by atoms with E-state index < -0.39 is 50.8 Å². The van der Waals surface area contributed by atoms with Crippen molar-refractivity contribution in [3.05, 3.63) is 12.4 Å². The van der Waals surface area contributed by atoms with Gasteiger partial charge >= 0.3 is 7.12 Å². The Morgan fingerprint density at radius 3 is 2.35 bits per heavy atom. The van der Waals surface area contributed by atoms with E-state index in [0.29, 0.717) is 0 Å². The van der Waals surface area contributed by atoms with Crippen LogP contribution in [0.1, 0.15) is 55.1 Å². The van der Waals surface area contributed by atoms with E-state index in [1.165, 1.54) is 6.20 Å². The van der Waals surface area contributed by atoms with Crippen molar-refractivity contribution in [3.63, 3.8) is 0 Å². The largest absolute Gasteiger partial charge is 0.516 e. The lowest BCUT2D eigenvalue weighted by atomic mass is 9.85. The van der Waals surface area contributed by atoms with Gasteiger partial charge in [0, 0.05) is 32.9 Å². The zero-order valence-corrected chi connectivity index (χ0v) is 11.9. The van der Waals surface area contributed by atoms with E-state index in [1.54, 1.807) is 27.7 Å². The summed E-state index contributed by atoms with van der Waals surface area (Å²) in [6.07, 6.45) is 2.13. The molecule has 0 saturated carbocycles. The molecule has 0 bridgehead atoms. The van der Waals surface area contributed by atoms with E-state index in [-0.39, 0.29) is 10.5 Å². The van der Waals surface area contributed by atoms with Crippen LogP contribution in [-0.4, -0.2) is 41.3 Å². The van der Waals surface area contributed by atoms with Crippen LogP contribution in [0.2, 0.25) is 0 Å². The summed E-state index contributed by atoms with van der Waals surface area (Å²) in [5.41, 5.74) is -1.47. The first-order valence-corrected chi connectivity index (χ1v) is 6.13. The third-order valence-electron chi connectivity index (χ3n) is 3.59. The predicted octanol–water partition coefficient (Wildman–Crippen LogP) is 1.62. The molecule has 0 unspecified atom stereocenters. The molecular formula is C14H24BN3O2. The van der Waals surface area contributed by atoms with E-state index in [4.69, 9.17) is 23.0 Å². The first-order chi connectivity index (χ1) is 13.2. The Kier molecular flexibility index (Phi) is 1.80. The van der Waals surface area contributed by atoms with E-state index in [0.717, 1.165) is 6.20 Å². The SMILES string of the molecule is [2H]C([2H])([2H])C([2H])([2H])N(c1cncc(B2OC(C)(C)C(C)(C)O2)n1)C([2H])([2H])C([2H])([2H])[2H]. The quantitative estimate of drug-likeness (QED) is 0.788. The fourth-order valence-electron chi connectivity index (χ4n) is 1.70. The van der Waals surface area contributed by atoms with Crippen LogP contribution < -0.4 is 10.5 Å². The van der Waals surface area contributed by atoms with Crippen LogP contribution in [0.5, 0.6) is 0 Å². The van der Waals surface area contributed by atoms with Crippen LogP contribution >= 0.6 is 0 Å². The second kappa shape index (κ2) is 5.33. The molecule has 0 aromatic carbocycles. The van der Waals surface area contributed by atoms with Gasteiger partial charge in [0.25, 0.3) is 0 Å². The Balaban J connectivity index is 2.61. The van der Waals surface area contributed by atoms with Gasteiger partial charge in [0.15, 0.2) is 0 Å². The Morgan fingerprint density at radius 2 is 1.80 bits per heavy atom.